The number of carboxylic acid groups (broad SMARTS) is 1. The molecule has 7 heteroatoms. The van der Waals surface area contributed by atoms with Crippen LogP contribution < -0.4 is 10.2 Å². The Balaban J connectivity index is 2.11. The van der Waals surface area contributed by atoms with Crippen LogP contribution in [0.2, 0.25) is 5.02 Å². The number of amides is 1. The van der Waals surface area contributed by atoms with Gasteiger partial charge in [-0.2, -0.15) is 0 Å². The third-order valence-electron chi connectivity index (χ3n) is 3.12. The third-order valence-corrected chi connectivity index (χ3v) is 3.36. The number of carbonyl (C=O) groups is 2. The summed E-state index contributed by atoms with van der Waals surface area (Å²) >= 11 is 5.90. The number of nitrogens with zero attached hydrogens (tertiary/aromatic N) is 1. The molecule has 1 amide bonds. The quantitative estimate of drug-likeness (QED) is 0.852. The smallest absolute Gasteiger partial charge is 0.323 e. The van der Waals surface area contributed by atoms with E-state index in [9.17, 15) is 9.59 Å². The lowest BCUT2D eigenvalue weighted by atomic mass is 10.2. The Labute approximate surface area is 127 Å². The van der Waals surface area contributed by atoms with Crippen molar-refractivity contribution in [3.63, 3.8) is 0 Å². The van der Waals surface area contributed by atoms with E-state index in [1.54, 1.807) is 24.3 Å². The molecular formula is C14H17ClN2O4. The summed E-state index contributed by atoms with van der Waals surface area (Å²) < 4.78 is 5.48. The predicted molar refractivity (Wildman–Crippen MR) is 78.7 cm³/mol. The van der Waals surface area contributed by atoms with Gasteiger partial charge in [-0.3, -0.25) is 9.59 Å². The molecule has 1 aliphatic rings. The van der Waals surface area contributed by atoms with Gasteiger partial charge in [0.2, 0.25) is 5.91 Å². The van der Waals surface area contributed by atoms with Gasteiger partial charge in [-0.05, 0) is 18.2 Å². The molecule has 1 aromatic carbocycles. The lowest BCUT2D eigenvalue weighted by molar-refractivity contribution is -0.137. The molecule has 0 aromatic heterocycles. The highest BCUT2D eigenvalue weighted by Crippen LogP contribution is 2.21. The first-order chi connectivity index (χ1) is 10.1. The Morgan fingerprint density at radius 1 is 1.48 bits per heavy atom. The summed E-state index contributed by atoms with van der Waals surface area (Å²) in [7, 11) is 0. The van der Waals surface area contributed by atoms with E-state index in [1.165, 1.54) is 4.90 Å². The molecule has 2 N–H and O–H groups in total. The van der Waals surface area contributed by atoms with Crippen LogP contribution in [0.1, 0.15) is 6.42 Å². The van der Waals surface area contributed by atoms with Crippen molar-refractivity contribution in [2.75, 3.05) is 31.1 Å². The zero-order valence-electron chi connectivity index (χ0n) is 11.4. The zero-order valence-corrected chi connectivity index (χ0v) is 12.2. The molecule has 0 radical (unpaired) electrons. The fourth-order valence-electron chi connectivity index (χ4n) is 2.16. The second-order valence-electron chi connectivity index (χ2n) is 4.75. The SMILES string of the molecule is O=C(O)CN(C(=O)CC1CNCCO1)c1cccc(Cl)c1. The van der Waals surface area contributed by atoms with Gasteiger partial charge in [-0.1, -0.05) is 17.7 Å². The average Bonchev–Trinajstić information content (AvgIpc) is 2.45. The van der Waals surface area contributed by atoms with Crippen LogP contribution in [0.4, 0.5) is 5.69 Å². The number of ether oxygens (including phenoxy) is 1. The molecule has 1 heterocycles. The van der Waals surface area contributed by atoms with Gasteiger partial charge in [0, 0.05) is 23.8 Å². The Bertz CT molecular complexity index is 517. The molecular weight excluding hydrogens is 296 g/mol. The minimum atomic E-state index is -1.08. The first-order valence-electron chi connectivity index (χ1n) is 6.66. The highest BCUT2D eigenvalue weighted by Gasteiger charge is 2.24. The zero-order chi connectivity index (χ0) is 15.2. The van der Waals surface area contributed by atoms with Gasteiger partial charge < -0.3 is 20.1 Å². The van der Waals surface area contributed by atoms with E-state index in [4.69, 9.17) is 21.4 Å². The van der Waals surface area contributed by atoms with E-state index in [2.05, 4.69) is 5.32 Å². The molecule has 0 saturated carbocycles. The first-order valence-corrected chi connectivity index (χ1v) is 7.04. The van der Waals surface area contributed by atoms with Crippen LogP contribution in [0.3, 0.4) is 0 Å². The fourth-order valence-corrected chi connectivity index (χ4v) is 2.34. The van der Waals surface area contributed by atoms with Crippen molar-refractivity contribution in [2.45, 2.75) is 12.5 Å². The van der Waals surface area contributed by atoms with Crippen LogP contribution in [0.15, 0.2) is 24.3 Å². The molecule has 0 aliphatic carbocycles. The van der Waals surface area contributed by atoms with E-state index in [1.807, 2.05) is 0 Å². The second-order valence-corrected chi connectivity index (χ2v) is 5.19. The second kappa shape index (κ2) is 7.40. The molecule has 0 bridgehead atoms. The first kappa shape index (κ1) is 15.8. The Hall–Kier alpha value is -1.63. The van der Waals surface area contributed by atoms with Gasteiger partial charge in [-0.25, -0.2) is 0 Å². The summed E-state index contributed by atoms with van der Waals surface area (Å²) in [6.45, 7) is 1.49. The normalized spacial score (nSPS) is 18.2. The molecule has 6 nitrogen and oxygen atoms in total. The van der Waals surface area contributed by atoms with E-state index >= 15 is 0 Å². The van der Waals surface area contributed by atoms with Crippen molar-refractivity contribution in [3.05, 3.63) is 29.3 Å². The van der Waals surface area contributed by atoms with Crippen LogP contribution in [0, 0.1) is 0 Å². The number of carboxylic acids is 1. The third kappa shape index (κ3) is 4.70. The molecule has 21 heavy (non-hydrogen) atoms. The Kier molecular flexibility index (Phi) is 5.55. The summed E-state index contributed by atoms with van der Waals surface area (Å²) in [5.74, 6) is -1.38. The molecule has 1 saturated heterocycles. The van der Waals surface area contributed by atoms with Gasteiger partial charge in [0.15, 0.2) is 0 Å². The van der Waals surface area contributed by atoms with Crippen molar-refractivity contribution >= 4 is 29.2 Å². The van der Waals surface area contributed by atoms with E-state index in [0.29, 0.717) is 23.9 Å². The Morgan fingerprint density at radius 3 is 2.90 bits per heavy atom. The van der Waals surface area contributed by atoms with Gasteiger partial charge >= 0.3 is 5.97 Å². The fraction of sp³-hybridized carbons (Fsp3) is 0.429. The van der Waals surface area contributed by atoms with Crippen molar-refractivity contribution in [1.29, 1.82) is 0 Å². The summed E-state index contributed by atoms with van der Waals surface area (Å²) in [6.07, 6.45) is -0.103. The van der Waals surface area contributed by atoms with Crippen molar-refractivity contribution in [2.24, 2.45) is 0 Å². The number of aliphatic carboxylic acids is 1. The van der Waals surface area contributed by atoms with Gasteiger partial charge in [-0.15, -0.1) is 0 Å². The summed E-state index contributed by atoms with van der Waals surface area (Å²) in [5.41, 5.74) is 0.471. The highest BCUT2D eigenvalue weighted by atomic mass is 35.5. The van der Waals surface area contributed by atoms with Crippen LogP contribution >= 0.6 is 11.6 Å². The van der Waals surface area contributed by atoms with Crippen LogP contribution in [0.5, 0.6) is 0 Å². The van der Waals surface area contributed by atoms with Gasteiger partial charge in [0.25, 0.3) is 0 Å². The van der Waals surface area contributed by atoms with Crippen molar-refractivity contribution in [3.8, 4) is 0 Å². The van der Waals surface area contributed by atoms with Crippen molar-refractivity contribution in [1.82, 2.24) is 5.32 Å². The highest BCUT2D eigenvalue weighted by molar-refractivity contribution is 6.30. The lowest BCUT2D eigenvalue weighted by Gasteiger charge is -2.27. The summed E-state index contributed by atoms with van der Waals surface area (Å²) in [6, 6.07) is 6.58. The number of halogens is 1. The van der Waals surface area contributed by atoms with E-state index in [0.717, 1.165) is 6.54 Å². The maximum Gasteiger partial charge on any atom is 0.323 e. The molecule has 2 rings (SSSR count). The van der Waals surface area contributed by atoms with Crippen LogP contribution in [-0.4, -0.2) is 49.3 Å². The van der Waals surface area contributed by atoms with Gasteiger partial charge in [0.1, 0.15) is 6.54 Å². The number of hydrogen-bond donors (Lipinski definition) is 2. The van der Waals surface area contributed by atoms with Crippen molar-refractivity contribution < 1.29 is 19.4 Å². The number of morpholine rings is 1. The van der Waals surface area contributed by atoms with Crippen LogP contribution in [-0.2, 0) is 14.3 Å². The Morgan fingerprint density at radius 2 is 2.29 bits per heavy atom. The standard InChI is InChI=1S/C14H17ClN2O4/c15-10-2-1-3-11(6-10)17(9-14(19)20)13(18)7-12-8-16-4-5-21-12/h1-3,6,12,16H,4-5,7-9H2,(H,19,20). The molecule has 1 fully saturated rings. The van der Waals surface area contributed by atoms with E-state index in [-0.39, 0.29) is 18.4 Å². The number of rotatable bonds is 5. The predicted octanol–water partition coefficient (Wildman–Crippen LogP) is 1.14. The number of anilines is 1. The molecule has 1 atom stereocenters. The number of carbonyl (C=O) groups excluding carboxylic acids is 1. The molecule has 114 valence electrons. The van der Waals surface area contributed by atoms with Crippen LogP contribution in [0.25, 0.3) is 0 Å². The lowest BCUT2D eigenvalue weighted by Crippen LogP contribution is -2.43. The minimum absolute atomic E-state index is 0.132. The summed E-state index contributed by atoms with van der Waals surface area (Å²) in [5, 5.41) is 12.6. The molecule has 0 spiro atoms. The topological polar surface area (TPSA) is 78.9 Å². The number of benzene rings is 1. The molecule has 1 aliphatic heterocycles. The maximum absolute atomic E-state index is 12.4. The largest absolute Gasteiger partial charge is 0.480 e. The number of nitrogens with one attached hydrogen (secondary N) is 1. The average molecular weight is 313 g/mol. The monoisotopic (exact) mass is 312 g/mol. The van der Waals surface area contributed by atoms with Gasteiger partial charge in [0.05, 0.1) is 19.1 Å². The maximum atomic E-state index is 12.4. The van der Waals surface area contributed by atoms with E-state index < -0.39 is 12.5 Å². The minimum Gasteiger partial charge on any atom is -0.480 e. The number of hydrogen-bond acceptors (Lipinski definition) is 4. The molecule has 1 unspecified atom stereocenters. The molecule has 1 aromatic rings. The summed E-state index contributed by atoms with van der Waals surface area (Å²) in [4.78, 5) is 24.6.